The maximum atomic E-state index is 13.4. The Morgan fingerprint density at radius 2 is 1.97 bits per heavy atom. The van der Waals surface area contributed by atoms with Gasteiger partial charge in [0.15, 0.2) is 0 Å². The van der Waals surface area contributed by atoms with Crippen LogP contribution in [0, 0.1) is 5.82 Å². The molecule has 1 aliphatic rings. The van der Waals surface area contributed by atoms with Crippen molar-refractivity contribution in [1.29, 1.82) is 0 Å². The second kappa shape index (κ2) is 8.14. The number of sulfonamides is 1. The number of esters is 1. The molecule has 0 aliphatic carbocycles. The number of nitrogens with zero attached hydrogens (tertiary/aromatic N) is 3. The number of halogens is 1. The van der Waals surface area contributed by atoms with Gasteiger partial charge in [0.2, 0.25) is 10.0 Å². The minimum absolute atomic E-state index is 0.0430. The van der Waals surface area contributed by atoms with Crippen LogP contribution in [0.5, 0.6) is 0 Å². The van der Waals surface area contributed by atoms with Crippen LogP contribution in [-0.2, 0) is 21.3 Å². The van der Waals surface area contributed by atoms with Gasteiger partial charge in [-0.25, -0.2) is 17.6 Å². The number of aromatic nitrogens is 2. The van der Waals surface area contributed by atoms with Gasteiger partial charge < -0.3 is 9.84 Å². The van der Waals surface area contributed by atoms with Crippen molar-refractivity contribution in [3.05, 3.63) is 89.3 Å². The lowest BCUT2D eigenvalue weighted by Gasteiger charge is -2.29. The third kappa shape index (κ3) is 3.80. The van der Waals surface area contributed by atoms with Crippen LogP contribution >= 0.6 is 0 Å². The third-order valence-electron chi connectivity index (χ3n) is 5.05. The summed E-state index contributed by atoms with van der Waals surface area (Å²) in [5.41, 5.74) is 0.957. The van der Waals surface area contributed by atoms with E-state index in [1.54, 1.807) is 18.2 Å². The van der Waals surface area contributed by atoms with Crippen LogP contribution in [0.25, 0.3) is 0 Å². The molecule has 0 saturated heterocycles. The smallest absolute Gasteiger partial charge is 0.337 e. The second-order valence-corrected chi connectivity index (χ2v) is 8.77. The highest BCUT2D eigenvalue weighted by Gasteiger charge is 2.44. The van der Waals surface area contributed by atoms with Crippen LogP contribution in [0.4, 0.5) is 4.39 Å². The van der Waals surface area contributed by atoms with E-state index in [2.05, 4.69) is 14.7 Å². The Kier molecular flexibility index (Phi) is 5.52. The van der Waals surface area contributed by atoms with Crippen LogP contribution in [0.15, 0.2) is 65.8 Å². The molecular weight excluding hydrogens is 425 g/mol. The Morgan fingerprint density at radius 3 is 2.61 bits per heavy atom. The molecule has 2 aromatic heterocycles. The summed E-state index contributed by atoms with van der Waals surface area (Å²) in [7, 11) is -2.89. The Bertz CT molecular complexity index is 1220. The number of aliphatic hydroxyl groups excluding tert-OH is 1. The van der Waals surface area contributed by atoms with Crippen LogP contribution < -0.4 is 0 Å². The predicted molar refractivity (Wildman–Crippen MR) is 107 cm³/mol. The highest BCUT2D eigenvalue weighted by molar-refractivity contribution is 7.89. The molecule has 0 amide bonds. The van der Waals surface area contributed by atoms with Crippen LogP contribution in [0.1, 0.15) is 39.5 Å². The van der Waals surface area contributed by atoms with Crippen LogP contribution in [0.2, 0.25) is 0 Å². The van der Waals surface area contributed by atoms with Gasteiger partial charge in [-0.3, -0.25) is 9.97 Å². The summed E-state index contributed by atoms with van der Waals surface area (Å²) in [5, 5.41) is 11.1. The van der Waals surface area contributed by atoms with Crippen molar-refractivity contribution in [2.75, 3.05) is 7.11 Å². The van der Waals surface area contributed by atoms with Crippen molar-refractivity contribution in [3.8, 4) is 0 Å². The van der Waals surface area contributed by atoms with Gasteiger partial charge in [-0.2, -0.15) is 4.31 Å². The molecule has 1 N–H and O–H groups in total. The van der Waals surface area contributed by atoms with Crippen LogP contribution in [0.3, 0.4) is 0 Å². The Hall–Kier alpha value is -3.21. The Balaban J connectivity index is 1.80. The summed E-state index contributed by atoms with van der Waals surface area (Å²) in [5.74, 6) is -1.24. The van der Waals surface area contributed by atoms with Gasteiger partial charge in [0.25, 0.3) is 0 Å². The zero-order valence-corrected chi connectivity index (χ0v) is 17.2. The van der Waals surface area contributed by atoms with Crippen molar-refractivity contribution in [2.45, 2.75) is 23.6 Å². The number of fused-ring (bicyclic) bond motifs is 1. The van der Waals surface area contributed by atoms with Gasteiger partial charge in [0, 0.05) is 12.7 Å². The van der Waals surface area contributed by atoms with Crippen molar-refractivity contribution in [3.63, 3.8) is 0 Å². The Labute approximate surface area is 178 Å². The summed E-state index contributed by atoms with van der Waals surface area (Å²) in [6, 6.07) is 10.5. The maximum Gasteiger partial charge on any atom is 0.337 e. The minimum atomic E-state index is -4.10. The quantitative estimate of drug-likeness (QED) is 0.603. The topological polar surface area (TPSA) is 110 Å². The fraction of sp³-hybridized carbons (Fsp3) is 0.190. The molecule has 2 atom stereocenters. The summed E-state index contributed by atoms with van der Waals surface area (Å²) in [6.45, 7) is -0.0430. The number of hydrogen-bond donors (Lipinski definition) is 1. The van der Waals surface area contributed by atoms with E-state index >= 15 is 0 Å². The number of methoxy groups -OCH3 is 1. The van der Waals surface area contributed by atoms with Gasteiger partial charge in [-0.05, 0) is 42.0 Å². The van der Waals surface area contributed by atoms with Gasteiger partial charge >= 0.3 is 5.97 Å². The third-order valence-corrected chi connectivity index (χ3v) is 6.96. The Morgan fingerprint density at radius 1 is 1.16 bits per heavy atom. The lowest BCUT2D eigenvalue weighted by Crippen LogP contribution is -2.34. The van der Waals surface area contributed by atoms with Gasteiger partial charge in [-0.1, -0.05) is 12.1 Å². The molecule has 3 heterocycles. The SMILES string of the molecule is COC(=O)c1ccc2c(c1)S(=O)(=O)N(C(c1ccccn1)C(O)c1ccc(F)cn1)C2. The molecule has 10 heteroatoms. The lowest BCUT2D eigenvalue weighted by atomic mass is 10.0. The molecule has 0 spiro atoms. The fourth-order valence-electron chi connectivity index (χ4n) is 3.54. The molecular formula is C21H18FN3O5S. The van der Waals surface area contributed by atoms with Crippen molar-refractivity contribution < 1.29 is 27.4 Å². The average molecular weight is 443 g/mol. The number of benzene rings is 1. The molecule has 1 aromatic carbocycles. The molecule has 8 nitrogen and oxygen atoms in total. The summed E-state index contributed by atoms with van der Waals surface area (Å²) in [6.07, 6.45) is 1.02. The molecule has 0 radical (unpaired) electrons. The lowest BCUT2D eigenvalue weighted by molar-refractivity contribution is 0.0600. The minimum Gasteiger partial charge on any atom is -0.465 e. The number of ether oxygens (including phenoxy) is 1. The van der Waals surface area contributed by atoms with E-state index in [1.807, 2.05) is 0 Å². The molecule has 160 valence electrons. The first-order valence-corrected chi connectivity index (χ1v) is 10.7. The largest absolute Gasteiger partial charge is 0.465 e. The standard InChI is InChI=1S/C21H18FN3O5S/c1-30-21(27)13-5-6-14-12-25(31(28,29)18(14)10-13)19(16-4-2-3-9-23-16)20(26)17-8-7-15(22)11-24-17/h2-11,19-20,26H,12H2,1H3. The molecule has 31 heavy (non-hydrogen) atoms. The van der Waals surface area contributed by atoms with Crippen molar-refractivity contribution >= 4 is 16.0 Å². The van der Waals surface area contributed by atoms with E-state index in [0.717, 1.165) is 16.6 Å². The number of carbonyl (C=O) groups excluding carboxylic acids is 1. The van der Waals surface area contributed by atoms with E-state index in [-0.39, 0.29) is 22.7 Å². The highest BCUT2D eigenvalue weighted by atomic mass is 32.2. The number of carbonyl (C=O) groups is 1. The first-order chi connectivity index (χ1) is 14.8. The maximum absolute atomic E-state index is 13.4. The number of pyridine rings is 2. The average Bonchev–Trinajstić information content (AvgIpc) is 3.04. The highest BCUT2D eigenvalue weighted by Crippen LogP contribution is 2.42. The monoisotopic (exact) mass is 443 g/mol. The van der Waals surface area contributed by atoms with Gasteiger partial charge in [0.1, 0.15) is 11.9 Å². The van der Waals surface area contributed by atoms with Crippen LogP contribution in [-0.4, -0.2) is 40.9 Å². The molecule has 1 aliphatic heterocycles. The molecule has 0 fully saturated rings. The fourth-order valence-corrected chi connectivity index (χ4v) is 5.36. The van der Waals surface area contributed by atoms with E-state index < -0.39 is 34.0 Å². The molecule has 0 bridgehead atoms. The molecule has 3 aromatic rings. The second-order valence-electron chi connectivity index (χ2n) is 6.91. The first kappa shape index (κ1) is 21.0. The number of rotatable bonds is 5. The van der Waals surface area contributed by atoms with Crippen molar-refractivity contribution in [2.24, 2.45) is 0 Å². The van der Waals surface area contributed by atoms with Gasteiger partial charge in [0.05, 0.1) is 41.2 Å². The number of hydrogen-bond acceptors (Lipinski definition) is 7. The molecule has 2 unspecified atom stereocenters. The van der Waals surface area contributed by atoms with Crippen molar-refractivity contribution in [1.82, 2.24) is 14.3 Å². The molecule has 0 saturated carbocycles. The zero-order chi connectivity index (χ0) is 22.2. The first-order valence-electron chi connectivity index (χ1n) is 9.26. The van der Waals surface area contributed by atoms with Gasteiger partial charge in [-0.15, -0.1) is 0 Å². The summed E-state index contributed by atoms with van der Waals surface area (Å²) < 4.78 is 45.9. The van der Waals surface area contributed by atoms with E-state index in [9.17, 15) is 22.7 Å². The summed E-state index contributed by atoms with van der Waals surface area (Å²) in [4.78, 5) is 20.0. The van der Waals surface area contributed by atoms with E-state index in [1.165, 1.54) is 37.6 Å². The van der Waals surface area contributed by atoms with E-state index in [4.69, 9.17) is 0 Å². The zero-order valence-electron chi connectivity index (χ0n) is 16.3. The molecule has 4 rings (SSSR count). The number of aliphatic hydroxyl groups is 1. The normalized spacial score (nSPS) is 17.0. The van der Waals surface area contributed by atoms with E-state index in [0.29, 0.717) is 11.3 Å². The summed E-state index contributed by atoms with van der Waals surface area (Å²) >= 11 is 0. The predicted octanol–water partition coefficient (Wildman–Crippen LogP) is 2.38.